The largest absolute Gasteiger partial charge is 0.353 e. The van der Waals surface area contributed by atoms with Crippen LogP contribution in [-0.2, 0) is 11.8 Å². The smallest absolute Gasteiger partial charge is 0.249 e. The molecule has 0 bridgehead atoms. The molecule has 3 aromatic rings. The Morgan fingerprint density at radius 1 is 1.17 bits per heavy atom. The number of rotatable bonds is 6. The van der Waals surface area contributed by atoms with E-state index in [0.717, 1.165) is 37.2 Å². The number of hydrogen-bond acceptors (Lipinski definition) is 6. The number of carbonyl (C=O) groups excluding carboxylic acids is 1. The zero-order chi connectivity index (χ0) is 20.2. The SMILES string of the molecule is Cn1cc(Nc2ncc(Cl)c(N[C@H](C(=O)N3CCCC3)c3ccccc3)n2)cn1. The number of nitrogens with zero attached hydrogens (tertiary/aromatic N) is 5. The number of likely N-dealkylation sites (tertiary alicyclic amines) is 1. The molecule has 1 aliphatic rings. The molecule has 1 saturated heterocycles. The summed E-state index contributed by atoms with van der Waals surface area (Å²) < 4.78 is 1.68. The van der Waals surface area contributed by atoms with Crippen LogP contribution >= 0.6 is 11.6 Å². The van der Waals surface area contributed by atoms with Gasteiger partial charge in [0.1, 0.15) is 11.1 Å². The molecular weight excluding hydrogens is 390 g/mol. The van der Waals surface area contributed by atoms with Crippen molar-refractivity contribution in [2.45, 2.75) is 18.9 Å². The minimum Gasteiger partial charge on any atom is -0.353 e. The topological polar surface area (TPSA) is 88.0 Å². The quantitative estimate of drug-likeness (QED) is 0.646. The van der Waals surface area contributed by atoms with Crippen molar-refractivity contribution in [3.05, 3.63) is 59.5 Å². The molecule has 0 unspecified atom stereocenters. The molecular formula is C20H22ClN7O. The first-order valence-electron chi connectivity index (χ1n) is 9.48. The van der Waals surface area contributed by atoms with Gasteiger partial charge in [-0.2, -0.15) is 10.1 Å². The average molecular weight is 412 g/mol. The highest BCUT2D eigenvalue weighted by Crippen LogP contribution is 2.28. The molecule has 1 atom stereocenters. The van der Waals surface area contributed by atoms with Crippen LogP contribution in [-0.4, -0.2) is 43.6 Å². The van der Waals surface area contributed by atoms with Gasteiger partial charge in [-0.25, -0.2) is 4.98 Å². The van der Waals surface area contributed by atoms with Crippen LogP contribution in [0, 0.1) is 0 Å². The lowest BCUT2D eigenvalue weighted by atomic mass is 10.1. The number of benzene rings is 1. The minimum atomic E-state index is -0.576. The number of hydrogen-bond donors (Lipinski definition) is 2. The summed E-state index contributed by atoms with van der Waals surface area (Å²) in [5.41, 5.74) is 1.62. The molecule has 1 aliphatic heterocycles. The summed E-state index contributed by atoms with van der Waals surface area (Å²) in [7, 11) is 1.83. The highest BCUT2D eigenvalue weighted by atomic mass is 35.5. The number of amides is 1. The van der Waals surface area contributed by atoms with Gasteiger partial charge in [-0.15, -0.1) is 0 Å². The predicted molar refractivity (Wildman–Crippen MR) is 112 cm³/mol. The van der Waals surface area contributed by atoms with Gasteiger partial charge in [0.2, 0.25) is 11.9 Å². The van der Waals surface area contributed by atoms with Gasteiger partial charge in [-0.1, -0.05) is 41.9 Å². The summed E-state index contributed by atoms with van der Waals surface area (Å²) in [6.07, 6.45) is 7.06. The third-order valence-electron chi connectivity index (χ3n) is 4.78. The standard InChI is InChI=1S/C20H22ClN7O/c1-27-13-15(11-23-27)24-20-22-12-16(21)18(26-20)25-17(14-7-3-2-4-8-14)19(29)28-9-5-6-10-28/h2-4,7-8,11-13,17H,5-6,9-10H2,1H3,(H2,22,24,25,26)/t17-/m0/s1. The van der Waals surface area contributed by atoms with E-state index in [-0.39, 0.29) is 5.91 Å². The van der Waals surface area contributed by atoms with Crippen LogP contribution in [0.2, 0.25) is 5.02 Å². The first kappa shape index (κ1) is 19.2. The first-order chi connectivity index (χ1) is 14.1. The van der Waals surface area contributed by atoms with Gasteiger partial charge in [0, 0.05) is 26.3 Å². The van der Waals surface area contributed by atoms with E-state index in [0.29, 0.717) is 16.8 Å². The van der Waals surface area contributed by atoms with Crippen molar-refractivity contribution in [2.24, 2.45) is 7.05 Å². The van der Waals surface area contributed by atoms with Crippen LogP contribution in [0.1, 0.15) is 24.4 Å². The van der Waals surface area contributed by atoms with E-state index in [1.165, 1.54) is 6.20 Å². The Morgan fingerprint density at radius 3 is 2.62 bits per heavy atom. The maximum atomic E-state index is 13.2. The molecule has 0 saturated carbocycles. The molecule has 150 valence electrons. The van der Waals surface area contributed by atoms with Crippen molar-refractivity contribution in [3.8, 4) is 0 Å². The molecule has 29 heavy (non-hydrogen) atoms. The fourth-order valence-electron chi connectivity index (χ4n) is 3.33. The van der Waals surface area contributed by atoms with E-state index in [9.17, 15) is 4.79 Å². The van der Waals surface area contributed by atoms with E-state index < -0.39 is 6.04 Å². The van der Waals surface area contributed by atoms with Crippen molar-refractivity contribution < 1.29 is 4.79 Å². The summed E-state index contributed by atoms with van der Waals surface area (Å²) >= 11 is 6.34. The Kier molecular flexibility index (Phi) is 5.62. The molecule has 1 aromatic carbocycles. The summed E-state index contributed by atoms with van der Waals surface area (Å²) in [4.78, 5) is 23.8. The van der Waals surface area contributed by atoms with Crippen molar-refractivity contribution >= 4 is 35.0 Å². The fraction of sp³-hybridized carbons (Fsp3) is 0.300. The second-order valence-corrected chi connectivity index (χ2v) is 7.35. The first-order valence-corrected chi connectivity index (χ1v) is 9.86. The third kappa shape index (κ3) is 4.48. The van der Waals surface area contributed by atoms with Gasteiger partial charge in [-0.3, -0.25) is 9.48 Å². The van der Waals surface area contributed by atoms with Gasteiger partial charge in [0.15, 0.2) is 5.82 Å². The van der Waals surface area contributed by atoms with Gasteiger partial charge in [-0.05, 0) is 18.4 Å². The van der Waals surface area contributed by atoms with Crippen LogP contribution in [0.25, 0.3) is 0 Å². The number of halogens is 1. The molecule has 2 N–H and O–H groups in total. The fourth-order valence-corrected chi connectivity index (χ4v) is 3.48. The summed E-state index contributed by atoms with van der Waals surface area (Å²) in [6, 6.07) is 9.03. The highest BCUT2D eigenvalue weighted by Gasteiger charge is 2.28. The van der Waals surface area contributed by atoms with Gasteiger partial charge in [0.25, 0.3) is 0 Å². The van der Waals surface area contributed by atoms with E-state index >= 15 is 0 Å². The number of aryl methyl sites for hydroxylation is 1. The van der Waals surface area contributed by atoms with Crippen LogP contribution < -0.4 is 10.6 Å². The van der Waals surface area contributed by atoms with Crippen molar-refractivity contribution in [2.75, 3.05) is 23.7 Å². The number of anilines is 3. The maximum Gasteiger partial charge on any atom is 0.249 e. The molecule has 9 heteroatoms. The maximum absolute atomic E-state index is 13.2. The number of carbonyl (C=O) groups is 1. The third-order valence-corrected chi connectivity index (χ3v) is 5.06. The van der Waals surface area contributed by atoms with E-state index in [1.807, 2.05) is 48.5 Å². The molecule has 1 fully saturated rings. The number of aromatic nitrogens is 4. The molecule has 4 rings (SSSR count). The van der Waals surface area contributed by atoms with Crippen LogP contribution in [0.3, 0.4) is 0 Å². The molecule has 2 aromatic heterocycles. The van der Waals surface area contributed by atoms with Crippen LogP contribution in [0.4, 0.5) is 17.5 Å². The molecule has 0 radical (unpaired) electrons. The zero-order valence-electron chi connectivity index (χ0n) is 16.0. The van der Waals surface area contributed by atoms with Gasteiger partial charge >= 0.3 is 0 Å². The Bertz CT molecular complexity index is 986. The lowest BCUT2D eigenvalue weighted by molar-refractivity contribution is -0.131. The van der Waals surface area contributed by atoms with E-state index in [4.69, 9.17) is 11.6 Å². The second-order valence-electron chi connectivity index (χ2n) is 6.94. The van der Waals surface area contributed by atoms with Crippen LogP contribution in [0.15, 0.2) is 48.9 Å². The average Bonchev–Trinajstić information content (AvgIpc) is 3.40. The van der Waals surface area contributed by atoms with Gasteiger partial charge in [0.05, 0.1) is 18.1 Å². The Labute approximate surface area is 173 Å². The Hall–Kier alpha value is -3.13. The lowest BCUT2D eigenvalue weighted by Crippen LogP contribution is -2.36. The molecule has 1 amide bonds. The van der Waals surface area contributed by atoms with Gasteiger partial charge < -0.3 is 15.5 Å². The highest BCUT2D eigenvalue weighted by molar-refractivity contribution is 6.32. The second kappa shape index (κ2) is 8.48. The predicted octanol–water partition coefficient (Wildman–Crippen LogP) is 3.38. The van der Waals surface area contributed by atoms with Crippen molar-refractivity contribution in [1.29, 1.82) is 0 Å². The van der Waals surface area contributed by atoms with Crippen LogP contribution in [0.5, 0.6) is 0 Å². The van der Waals surface area contributed by atoms with Crippen molar-refractivity contribution in [1.82, 2.24) is 24.6 Å². The lowest BCUT2D eigenvalue weighted by Gasteiger charge is -2.25. The molecule has 0 spiro atoms. The summed E-state index contributed by atoms with van der Waals surface area (Å²) in [6.45, 7) is 1.55. The molecule has 8 nitrogen and oxygen atoms in total. The molecule has 3 heterocycles. The van der Waals surface area contributed by atoms with Crippen molar-refractivity contribution in [3.63, 3.8) is 0 Å². The number of nitrogens with one attached hydrogen (secondary N) is 2. The normalized spacial score (nSPS) is 14.6. The zero-order valence-corrected chi connectivity index (χ0v) is 16.8. The molecule has 0 aliphatic carbocycles. The monoisotopic (exact) mass is 411 g/mol. The Morgan fingerprint density at radius 2 is 1.93 bits per heavy atom. The van der Waals surface area contributed by atoms with E-state index in [2.05, 4.69) is 25.7 Å². The summed E-state index contributed by atoms with van der Waals surface area (Å²) in [5.74, 6) is 0.782. The Balaban J connectivity index is 1.61. The van der Waals surface area contributed by atoms with E-state index in [1.54, 1.807) is 10.9 Å². The summed E-state index contributed by atoms with van der Waals surface area (Å²) in [5, 5.41) is 10.8. The minimum absolute atomic E-state index is 0.0187.